The molecule has 7 nitrogen and oxygen atoms in total. The van der Waals surface area contributed by atoms with Gasteiger partial charge in [0.2, 0.25) is 5.91 Å². The van der Waals surface area contributed by atoms with Crippen molar-refractivity contribution in [1.29, 1.82) is 0 Å². The fourth-order valence-electron chi connectivity index (χ4n) is 4.21. The molecule has 0 saturated heterocycles. The molecule has 0 bridgehead atoms. The zero-order valence-electron chi connectivity index (χ0n) is 20.8. The smallest absolute Gasteiger partial charge is 0.407 e. The first-order valence-electron chi connectivity index (χ1n) is 11.8. The highest BCUT2D eigenvalue weighted by molar-refractivity contribution is 5.88. The molecular formula is C28H34N2O5. The summed E-state index contributed by atoms with van der Waals surface area (Å²) in [6.07, 6.45) is 1.66. The number of fused-ring (bicyclic) bond motifs is 3. The Morgan fingerprint density at radius 2 is 1.57 bits per heavy atom. The number of carboxylic acids is 1. The average molecular weight is 479 g/mol. The standard InChI is InChI=1S/C28H34N2O5/c1-6-7-16-23(24(31)32)29-25(33)27(2,3)28(4,5)30-26(34)35-17-22-20-14-10-8-12-18(20)19-13-9-11-15-21(19)22/h6,8-15,22-23H,1,7,16-17H2,2-5H3,(H,29,33)(H,30,34)(H,31,32). The lowest BCUT2D eigenvalue weighted by molar-refractivity contribution is -0.144. The first kappa shape index (κ1) is 26.0. The number of carbonyl (C=O) groups is 3. The van der Waals surface area contributed by atoms with Crippen LogP contribution < -0.4 is 10.6 Å². The number of benzene rings is 2. The molecule has 3 N–H and O–H groups in total. The normalized spacial score (nSPS) is 13.8. The molecule has 0 aliphatic heterocycles. The summed E-state index contributed by atoms with van der Waals surface area (Å²) in [5.41, 5.74) is 2.35. The van der Waals surface area contributed by atoms with Crippen LogP contribution in [-0.4, -0.2) is 41.3 Å². The molecule has 0 saturated carbocycles. The molecule has 2 amide bonds. The fourth-order valence-corrected chi connectivity index (χ4v) is 4.21. The maximum atomic E-state index is 13.0. The maximum absolute atomic E-state index is 13.0. The predicted octanol–water partition coefficient (Wildman–Crippen LogP) is 4.87. The van der Waals surface area contributed by atoms with E-state index in [0.717, 1.165) is 22.3 Å². The monoisotopic (exact) mass is 478 g/mol. The topological polar surface area (TPSA) is 105 Å². The minimum Gasteiger partial charge on any atom is -0.480 e. The van der Waals surface area contributed by atoms with Gasteiger partial charge in [-0.05, 0) is 62.8 Å². The zero-order valence-corrected chi connectivity index (χ0v) is 20.8. The van der Waals surface area contributed by atoms with E-state index in [2.05, 4.69) is 29.3 Å². The van der Waals surface area contributed by atoms with Crippen LogP contribution in [0.4, 0.5) is 4.79 Å². The van der Waals surface area contributed by atoms with Crippen molar-refractivity contribution in [2.45, 2.75) is 58.0 Å². The number of aliphatic carboxylic acids is 1. The highest BCUT2D eigenvalue weighted by Gasteiger charge is 2.45. The van der Waals surface area contributed by atoms with Crippen LogP contribution in [0.3, 0.4) is 0 Å². The molecule has 2 aromatic carbocycles. The van der Waals surface area contributed by atoms with Crippen molar-refractivity contribution in [3.63, 3.8) is 0 Å². The van der Waals surface area contributed by atoms with Crippen molar-refractivity contribution in [1.82, 2.24) is 10.6 Å². The molecule has 186 valence electrons. The molecule has 35 heavy (non-hydrogen) atoms. The second-order valence-corrected chi connectivity index (χ2v) is 9.93. The van der Waals surface area contributed by atoms with Gasteiger partial charge in [-0.1, -0.05) is 54.6 Å². The summed E-state index contributed by atoms with van der Waals surface area (Å²) in [5.74, 6) is -1.66. The number of rotatable bonds is 10. The van der Waals surface area contributed by atoms with E-state index in [1.165, 1.54) is 0 Å². The van der Waals surface area contributed by atoms with Gasteiger partial charge >= 0.3 is 12.1 Å². The molecule has 1 unspecified atom stereocenters. The van der Waals surface area contributed by atoms with E-state index in [4.69, 9.17) is 4.74 Å². The highest BCUT2D eigenvalue weighted by atomic mass is 16.5. The van der Waals surface area contributed by atoms with Gasteiger partial charge in [-0.25, -0.2) is 9.59 Å². The Morgan fingerprint density at radius 1 is 1.03 bits per heavy atom. The van der Waals surface area contributed by atoms with E-state index in [1.807, 2.05) is 36.4 Å². The number of alkyl carbamates (subject to hydrolysis) is 1. The van der Waals surface area contributed by atoms with Crippen LogP contribution in [0.2, 0.25) is 0 Å². The van der Waals surface area contributed by atoms with Crippen molar-refractivity contribution >= 4 is 18.0 Å². The number of amides is 2. The van der Waals surface area contributed by atoms with Gasteiger partial charge in [0.05, 0.1) is 11.0 Å². The van der Waals surface area contributed by atoms with Crippen molar-refractivity contribution in [2.75, 3.05) is 6.61 Å². The quantitative estimate of drug-likeness (QED) is 0.423. The molecular weight excluding hydrogens is 444 g/mol. The first-order valence-corrected chi connectivity index (χ1v) is 11.8. The summed E-state index contributed by atoms with van der Waals surface area (Å²) >= 11 is 0. The summed E-state index contributed by atoms with van der Waals surface area (Å²) in [6.45, 7) is 10.5. The Morgan fingerprint density at radius 3 is 2.09 bits per heavy atom. The van der Waals surface area contributed by atoms with E-state index in [0.29, 0.717) is 6.42 Å². The Kier molecular flexibility index (Phi) is 7.68. The lowest BCUT2D eigenvalue weighted by Crippen LogP contribution is -2.61. The number of nitrogens with one attached hydrogen (secondary N) is 2. The molecule has 7 heteroatoms. The van der Waals surface area contributed by atoms with Crippen LogP contribution in [-0.2, 0) is 14.3 Å². The molecule has 0 spiro atoms. The van der Waals surface area contributed by atoms with E-state index >= 15 is 0 Å². The number of carboxylic acid groups (broad SMARTS) is 1. The molecule has 3 rings (SSSR count). The summed E-state index contributed by atoms with van der Waals surface area (Å²) in [5, 5.41) is 14.8. The van der Waals surface area contributed by atoms with Crippen molar-refractivity contribution in [3.05, 3.63) is 72.3 Å². The molecule has 1 atom stereocenters. The number of hydrogen-bond acceptors (Lipinski definition) is 4. The number of hydrogen-bond donors (Lipinski definition) is 3. The highest BCUT2D eigenvalue weighted by Crippen LogP contribution is 2.44. The Bertz CT molecular complexity index is 1080. The third-order valence-corrected chi connectivity index (χ3v) is 7.15. The molecule has 1 aliphatic carbocycles. The molecule has 0 heterocycles. The molecule has 0 radical (unpaired) electrons. The van der Waals surface area contributed by atoms with Gasteiger partial charge in [-0.2, -0.15) is 0 Å². The van der Waals surface area contributed by atoms with Crippen LogP contribution in [0.25, 0.3) is 11.1 Å². The van der Waals surface area contributed by atoms with Crippen LogP contribution in [0, 0.1) is 5.41 Å². The number of allylic oxidation sites excluding steroid dienone is 1. The van der Waals surface area contributed by atoms with Gasteiger partial charge in [-0.3, -0.25) is 4.79 Å². The van der Waals surface area contributed by atoms with Gasteiger partial charge in [0.25, 0.3) is 0 Å². The maximum Gasteiger partial charge on any atom is 0.407 e. The second kappa shape index (κ2) is 10.3. The van der Waals surface area contributed by atoms with Crippen molar-refractivity contribution in [3.8, 4) is 11.1 Å². The van der Waals surface area contributed by atoms with Gasteiger partial charge in [-0.15, -0.1) is 6.58 Å². The molecule has 0 fully saturated rings. The summed E-state index contributed by atoms with van der Waals surface area (Å²) in [4.78, 5) is 37.4. The van der Waals surface area contributed by atoms with Gasteiger partial charge < -0.3 is 20.5 Å². The van der Waals surface area contributed by atoms with Gasteiger partial charge in [0.15, 0.2) is 0 Å². The van der Waals surface area contributed by atoms with E-state index in [9.17, 15) is 19.5 Å². The van der Waals surface area contributed by atoms with Gasteiger partial charge in [0.1, 0.15) is 12.6 Å². The van der Waals surface area contributed by atoms with E-state index in [1.54, 1.807) is 33.8 Å². The Hall–Kier alpha value is -3.61. The van der Waals surface area contributed by atoms with E-state index < -0.39 is 35.0 Å². The Balaban J connectivity index is 1.66. The van der Waals surface area contributed by atoms with Crippen molar-refractivity contribution < 1.29 is 24.2 Å². The number of ether oxygens (including phenoxy) is 1. The minimum atomic E-state index is -1.12. The minimum absolute atomic E-state index is 0.0752. The Labute approximate surface area is 206 Å². The molecule has 1 aliphatic rings. The summed E-state index contributed by atoms with van der Waals surface area (Å²) < 4.78 is 5.64. The van der Waals surface area contributed by atoms with Crippen LogP contribution >= 0.6 is 0 Å². The van der Waals surface area contributed by atoms with Crippen molar-refractivity contribution in [2.24, 2.45) is 5.41 Å². The average Bonchev–Trinajstić information content (AvgIpc) is 3.13. The predicted molar refractivity (Wildman–Crippen MR) is 135 cm³/mol. The third kappa shape index (κ3) is 5.39. The zero-order chi connectivity index (χ0) is 25.8. The van der Waals surface area contributed by atoms with Crippen LogP contribution in [0.15, 0.2) is 61.2 Å². The fraction of sp³-hybridized carbons (Fsp3) is 0.393. The SMILES string of the molecule is C=CCCC(NC(=O)C(C)(C)C(C)(C)NC(=O)OCC1c2ccccc2-c2ccccc21)C(=O)O. The lowest BCUT2D eigenvalue weighted by atomic mass is 9.73. The number of carbonyl (C=O) groups excluding carboxylic acids is 2. The molecule has 2 aromatic rings. The van der Waals surface area contributed by atoms with E-state index in [-0.39, 0.29) is 18.9 Å². The van der Waals surface area contributed by atoms with Gasteiger partial charge in [0, 0.05) is 5.92 Å². The third-order valence-electron chi connectivity index (χ3n) is 7.15. The lowest BCUT2D eigenvalue weighted by Gasteiger charge is -2.41. The van der Waals surface area contributed by atoms with Crippen LogP contribution in [0.5, 0.6) is 0 Å². The summed E-state index contributed by atoms with van der Waals surface area (Å²) in [7, 11) is 0. The first-order chi connectivity index (χ1) is 16.5. The van der Waals surface area contributed by atoms with Crippen LogP contribution in [0.1, 0.15) is 57.6 Å². The summed E-state index contributed by atoms with van der Waals surface area (Å²) in [6, 6.07) is 15.1. The molecule has 0 aromatic heterocycles. The second-order valence-electron chi connectivity index (χ2n) is 9.93. The largest absolute Gasteiger partial charge is 0.480 e.